The summed E-state index contributed by atoms with van der Waals surface area (Å²) in [5.41, 5.74) is 1.06. The molecule has 0 saturated heterocycles. The van der Waals surface area contributed by atoms with Gasteiger partial charge in [0.05, 0.1) is 4.92 Å². The minimum Gasteiger partial charge on any atom is -0.309 e. The molecule has 3 aliphatic rings. The van der Waals surface area contributed by atoms with E-state index < -0.39 is 0 Å². The Morgan fingerprint density at radius 2 is 2.11 bits per heavy atom. The number of hydrogen-bond donors (Lipinski definition) is 1. The maximum absolute atomic E-state index is 10.6. The van der Waals surface area contributed by atoms with Gasteiger partial charge in [-0.15, -0.1) is 0 Å². The quantitative estimate of drug-likeness (QED) is 0.672. The standard InChI is InChI=1S/C13H16N2O2S/c16-15(17)10-3-7(6-18-10)5-14-13-11-8-1-2-9(4-8)12(11)13/h3,6,8-9,11-14H,1-2,4-5H2. The van der Waals surface area contributed by atoms with Gasteiger partial charge in [0.15, 0.2) is 0 Å². The second kappa shape index (κ2) is 3.78. The van der Waals surface area contributed by atoms with Crippen LogP contribution in [0.1, 0.15) is 24.8 Å². The van der Waals surface area contributed by atoms with Crippen molar-refractivity contribution in [1.29, 1.82) is 0 Å². The molecule has 5 heteroatoms. The van der Waals surface area contributed by atoms with Crippen LogP contribution >= 0.6 is 11.3 Å². The van der Waals surface area contributed by atoms with Crippen molar-refractivity contribution in [2.75, 3.05) is 0 Å². The number of fused-ring (bicyclic) bond motifs is 5. The third kappa shape index (κ3) is 1.53. The van der Waals surface area contributed by atoms with Crippen LogP contribution < -0.4 is 5.32 Å². The van der Waals surface area contributed by atoms with E-state index in [-0.39, 0.29) is 9.92 Å². The van der Waals surface area contributed by atoms with Crippen LogP contribution in [0.4, 0.5) is 5.00 Å². The molecule has 4 atom stereocenters. The molecule has 3 saturated carbocycles. The van der Waals surface area contributed by atoms with Crippen LogP contribution in [0.2, 0.25) is 0 Å². The van der Waals surface area contributed by atoms with E-state index >= 15 is 0 Å². The van der Waals surface area contributed by atoms with Crippen LogP contribution in [0, 0.1) is 33.8 Å². The van der Waals surface area contributed by atoms with Crippen LogP contribution in [0.5, 0.6) is 0 Å². The summed E-state index contributed by atoms with van der Waals surface area (Å²) >= 11 is 1.23. The van der Waals surface area contributed by atoms with Gasteiger partial charge < -0.3 is 5.32 Å². The highest BCUT2D eigenvalue weighted by molar-refractivity contribution is 7.13. The average molecular weight is 264 g/mol. The molecule has 4 rings (SSSR count). The first kappa shape index (κ1) is 10.9. The van der Waals surface area contributed by atoms with Crippen LogP contribution in [-0.4, -0.2) is 11.0 Å². The van der Waals surface area contributed by atoms with Crippen LogP contribution in [0.3, 0.4) is 0 Å². The average Bonchev–Trinajstić information content (AvgIpc) is 2.81. The summed E-state index contributed by atoms with van der Waals surface area (Å²) in [6.07, 6.45) is 4.35. The predicted molar refractivity (Wildman–Crippen MR) is 69.4 cm³/mol. The van der Waals surface area contributed by atoms with Crippen molar-refractivity contribution in [3.63, 3.8) is 0 Å². The minimum absolute atomic E-state index is 0.253. The molecule has 0 radical (unpaired) electrons. The van der Waals surface area contributed by atoms with E-state index in [9.17, 15) is 10.1 Å². The zero-order valence-corrected chi connectivity index (χ0v) is 10.9. The monoisotopic (exact) mass is 264 g/mol. The molecule has 1 aromatic rings. The predicted octanol–water partition coefficient (Wildman–Crippen LogP) is 2.79. The van der Waals surface area contributed by atoms with E-state index in [2.05, 4.69) is 5.32 Å². The molecule has 1 aromatic heterocycles. The van der Waals surface area contributed by atoms with Gasteiger partial charge in [-0.2, -0.15) is 0 Å². The third-order valence-corrected chi connectivity index (χ3v) is 6.03. The molecule has 3 fully saturated rings. The zero-order chi connectivity index (χ0) is 12.3. The maximum atomic E-state index is 10.6. The fourth-order valence-electron chi connectivity index (χ4n) is 4.38. The number of nitro groups is 1. The number of thiophene rings is 1. The number of rotatable bonds is 4. The summed E-state index contributed by atoms with van der Waals surface area (Å²) in [7, 11) is 0. The highest BCUT2D eigenvalue weighted by atomic mass is 32.1. The van der Waals surface area contributed by atoms with E-state index in [0.717, 1.165) is 35.8 Å². The van der Waals surface area contributed by atoms with Gasteiger partial charge in [-0.05, 0) is 48.5 Å². The minimum atomic E-state index is -0.305. The van der Waals surface area contributed by atoms with E-state index in [0.29, 0.717) is 6.04 Å². The Morgan fingerprint density at radius 3 is 2.72 bits per heavy atom. The Morgan fingerprint density at radius 1 is 1.39 bits per heavy atom. The third-order valence-electron chi connectivity index (χ3n) is 5.10. The molecule has 0 aliphatic heterocycles. The Hall–Kier alpha value is -0.940. The summed E-state index contributed by atoms with van der Waals surface area (Å²) in [6, 6.07) is 2.40. The molecule has 0 spiro atoms. The van der Waals surface area contributed by atoms with Gasteiger partial charge >= 0.3 is 5.00 Å². The Bertz CT molecular complexity index is 485. The first-order chi connectivity index (χ1) is 8.74. The van der Waals surface area contributed by atoms with Crippen LogP contribution in [0.25, 0.3) is 0 Å². The SMILES string of the molecule is O=[N+]([O-])c1cc(CNC2C3C4CCC(C4)C23)cs1. The van der Waals surface area contributed by atoms with E-state index in [4.69, 9.17) is 0 Å². The summed E-state index contributed by atoms with van der Waals surface area (Å²) in [6.45, 7) is 0.793. The Balaban J connectivity index is 1.36. The second-order valence-corrected chi connectivity index (χ2v) is 6.83. The summed E-state index contributed by atoms with van der Waals surface area (Å²) < 4.78 is 0. The van der Waals surface area contributed by atoms with Gasteiger partial charge in [-0.1, -0.05) is 11.3 Å². The molecule has 1 heterocycles. The molecule has 0 aromatic carbocycles. The number of nitrogens with zero attached hydrogens (tertiary/aromatic N) is 1. The fourth-order valence-corrected chi connectivity index (χ4v) is 5.11. The second-order valence-electron chi connectivity index (χ2n) is 5.94. The smallest absolute Gasteiger partial charge is 0.309 e. The zero-order valence-electron chi connectivity index (χ0n) is 10.0. The van der Waals surface area contributed by atoms with Crippen LogP contribution in [-0.2, 0) is 6.54 Å². The molecule has 2 bridgehead atoms. The molecule has 3 aliphatic carbocycles. The van der Waals surface area contributed by atoms with Gasteiger partial charge in [0.2, 0.25) is 0 Å². The van der Waals surface area contributed by atoms with Crippen molar-refractivity contribution >= 4 is 16.3 Å². The molecule has 1 N–H and O–H groups in total. The molecular formula is C13H16N2O2S. The van der Waals surface area contributed by atoms with Gasteiger partial charge in [-0.3, -0.25) is 10.1 Å². The summed E-state index contributed by atoms with van der Waals surface area (Å²) in [5, 5.41) is 16.4. The van der Waals surface area contributed by atoms with Crippen LogP contribution in [0.15, 0.2) is 11.4 Å². The Kier molecular flexibility index (Phi) is 2.29. The normalized spacial score (nSPS) is 39.9. The maximum Gasteiger partial charge on any atom is 0.324 e. The van der Waals surface area contributed by atoms with Gasteiger partial charge in [-0.25, -0.2) is 0 Å². The fraction of sp³-hybridized carbons (Fsp3) is 0.692. The van der Waals surface area contributed by atoms with Crippen molar-refractivity contribution < 1.29 is 4.92 Å². The topological polar surface area (TPSA) is 55.2 Å². The molecule has 18 heavy (non-hydrogen) atoms. The van der Waals surface area contributed by atoms with Crippen molar-refractivity contribution in [2.45, 2.75) is 31.8 Å². The highest BCUT2D eigenvalue weighted by Gasteiger charge is 2.64. The van der Waals surface area contributed by atoms with Crippen molar-refractivity contribution in [3.8, 4) is 0 Å². The van der Waals surface area contributed by atoms with Gasteiger partial charge in [0.25, 0.3) is 0 Å². The molecule has 96 valence electrons. The number of hydrogen-bond acceptors (Lipinski definition) is 4. The van der Waals surface area contributed by atoms with Crippen molar-refractivity contribution in [3.05, 3.63) is 27.1 Å². The lowest BCUT2D eigenvalue weighted by atomic mass is 10.0. The summed E-state index contributed by atoms with van der Waals surface area (Å²) in [4.78, 5) is 10.3. The van der Waals surface area contributed by atoms with Crippen molar-refractivity contribution in [1.82, 2.24) is 5.32 Å². The van der Waals surface area contributed by atoms with Gasteiger partial charge in [0, 0.05) is 24.0 Å². The molecular weight excluding hydrogens is 248 g/mol. The van der Waals surface area contributed by atoms with E-state index in [1.807, 2.05) is 5.38 Å². The van der Waals surface area contributed by atoms with E-state index in [1.165, 1.54) is 30.6 Å². The summed E-state index contributed by atoms with van der Waals surface area (Å²) in [5.74, 6) is 3.82. The van der Waals surface area contributed by atoms with Gasteiger partial charge in [0.1, 0.15) is 0 Å². The van der Waals surface area contributed by atoms with E-state index in [1.54, 1.807) is 6.07 Å². The largest absolute Gasteiger partial charge is 0.324 e. The lowest BCUT2D eigenvalue weighted by Crippen LogP contribution is -2.22. The lowest BCUT2D eigenvalue weighted by molar-refractivity contribution is -0.380. The first-order valence-electron chi connectivity index (χ1n) is 6.69. The van der Waals surface area contributed by atoms with Crippen molar-refractivity contribution in [2.24, 2.45) is 23.7 Å². The Labute approximate surface area is 110 Å². The molecule has 4 unspecified atom stereocenters. The lowest BCUT2D eigenvalue weighted by Gasteiger charge is -2.09. The highest BCUT2D eigenvalue weighted by Crippen LogP contribution is 2.65. The molecule has 4 nitrogen and oxygen atoms in total. The molecule has 0 amide bonds. The first-order valence-corrected chi connectivity index (χ1v) is 7.57. The number of nitrogens with one attached hydrogen (secondary N) is 1.